The Morgan fingerprint density at radius 2 is 1.70 bits per heavy atom. The summed E-state index contributed by atoms with van der Waals surface area (Å²) in [4.78, 5) is 10.9. The Morgan fingerprint density at radius 3 is 2.20 bits per heavy atom. The predicted molar refractivity (Wildman–Crippen MR) is 36.5 cm³/mol. The molecule has 0 spiro atoms. The average Bonchev–Trinajstić information content (AvgIpc) is 2.21. The van der Waals surface area contributed by atoms with Crippen LogP contribution in [0, 0.1) is 11.8 Å². The van der Waals surface area contributed by atoms with E-state index in [1.807, 2.05) is 0 Å². The third-order valence-corrected chi connectivity index (χ3v) is 2.80. The summed E-state index contributed by atoms with van der Waals surface area (Å²) in [6.45, 7) is 0. The number of ketones is 1. The summed E-state index contributed by atoms with van der Waals surface area (Å²) in [6, 6.07) is 0. The van der Waals surface area contributed by atoms with E-state index in [0.717, 1.165) is 25.7 Å². The third kappa shape index (κ3) is 0.870. The second-order valence-electron chi connectivity index (χ2n) is 3.59. The Morgan fingerprint density at radius 1 is 1.20 bits per heavy atom. The first-order valence-electron chi connectivity index (χ1n) is 3.95. The third-order valence-electron chi connectivity index (χ3n) is 2.80. The quantitative estimate of drug-likeness (QED) is 0.538. The van der Waals surface area contributed by atoms with Crippen LogP contribution in [0.25, 0.3) is 0 Å². The molecule has 2 aliphatic rings. The molecule has 1 N–H and O–H groups in total. The first-order chi connectivity index (χ1) is 4.75. The standard InChI is InChI=1S/C8H12O2/c9-7-1-5-2-8(10)4-6(5)3-7/h5-7,9H,1-4H2/t5-,6+,7-. The van der Waals surface area contributed by atoms with Gasteiger partial charge in [0.15, 0.2) is 0 Å². The second kappa shape index (κ2) is 2.06. The molecule has 2 saturated carbocycles. The van der Waals surface area contributed by atoms with E-state index in [-0.39, 0.29) is 6.10 Å². The van der Waals surface area contributed by atoms with Crippen molar-refractivity contribution >= 4 is 5.78 Å². The van der Waals surface area contributed by atoms with Crippen molar-refractivity contribution in [3.05, 3.63) is 0 Å². The van der Waals surface area contributed by atoms with Gasteiger partial charge < -0.3 is 5.11 Å². The smallest absolute Gasteiger partial charge is 0.133 e. The lowest BCUT2D eigenvalue weighted by Gasteiger charge is -2.02. The Hall–Kier alpha value is -0.370. The van der Waals surface area contributed by atoms with E-state index >= 15 is 0 Å². The summed E-state index contributed by atoms with van der Waals surface area (Å²) >= 11 is 0. The Balaban J connectivity index is 2.06. The van der Waals surface area contributed by atoms with Crippen LogP contribution in [-0.2, 0) is 4.79 Å². The molecule has 2 fully saturated rings. The highest BCUT2D eigenvalue weighted by molar-refractivity contribution is 5.81. The molecule has 2 heteroatoms. The van der Waals surface area contributed by atoms with E-state index in [0.29, 0.717) is 17.6 Å². The molecule has 0 aromatic heterocycles. The van der Waals surface area contributed by atoms with Crippen molar-refractivity contribution in [2.24, 2.45) is 11.8 Å². The van der Waals surface area contributed by atoms with Gasteiger partial charge in [-0.05, 0) is 24.7 Å². The number of Topliss-reactive ketones (excluding diaryl/α,β-unsaturated/α-hetero) is 1. The molecule has 3 atom stereocenters. The molecule has 2 rings (SSSR count). The van der Waals surface area contributed by atoms with Crippen molar-refractivity contribution in [1.29, 1.82) is 0 Å². The number of aliphatic hydroxyl groups is 1. The maximum absolute atomic E-state index is 10.9. The van der Waals surface area contributed by atoms with E-state index in [1.54, 1.807) is 0 Å². The molecule has 0 unspecified atom stereocenters. The molecular weight excluding hydrogens is 128 g/mol. The van der Waals surface area contributed by atoms with E-state index in [9.17, 15) is 9.90 Å². The van der Waals surface area contributed by atoms with Gasteiger partial charge in [-0.25, -0.2) is 0 Å². The molecule has 0 aliphatic heterocycles. The fourth-order valence-corrected chi connectivity index (χ4v) is 2.35. The van der Waals surface area contributed by atoms with Crippen LogP contribution in [0.2, 0.25) is 0 Å². The predicted octanol–water partition coefficient (Wildman–Crippen LogP) is 0.736. The highest BCUT2D eigenvalue weighted by Crippen LogP contribution is 2.42. The van der Waals surface area contributed by atoms with Crippen LogP contribution in [0.4, 0.5) is 0 Å². The molecule has 0 aromatic rings. The number of hydrogen-bond acceptors (Lipinski definition) is 2. The Kier molecular flexibility index (Phi) is 1.31. The van der Waals surface area contributed by atoms with Crippen molar-refractivity contribution in [2.45, 2.75) is 31.8 Å². The summed E-state index contributed by atoms with van der Waals surface area (Å²) in [5, 5.41) is 9.21. The fourth-order valence-electron chi connectivity index (χ4n) is 2.35. The fraction of sp³-hybridized carbons (Fsp3) is 0.875. The molecule has 0 heterocycles. The molecule has 2 aliphatic carbocycles. The molecule has 0 radical (unpaired) electrons. The second-order valence-corrected chi connectivity index (χ2v) is 3.59. The van der Waals surface area contributed by atoms with Crippen molar-refractivity contribution in [3.63, 3.8) is 0 Å². The van der Waals surface area contributed by atoms with Crippen LogP contribution in [-0.4, -0.2) is 17.0 Å². The van der Waals surface area contributed by atoms with Gasteiger partial charge in [0.1, 0.15) is 5.78 Å². The van der Waals surface area contributed by atoms with Gasteiger partial charge in [-0.15, -0.1) is 0 Å². The molecular formula is C8H12O2. The Labute approximate surface area is 60.2 Å². The number of rotatable bonds is 0. The van der Waals surface area contributed by atoms with Crippen LogP contribution in [0.5, 0.6) is 0 Å². The minimum absolute atomic E-state index is 0.108. The average molecular weight is 140 g/mol. The van der Waals surface area contributed by atoms with Gasteiger partial charge >= 0.3 is 0 Å². The van der Waals surface area contributed by atoms with Crippen molar-refractivity contribution in [1.82, 2.24) is 0 Å². The lowest BCUT2D eigenvalue weighted by Crippen LogP contribution is -2.02. The molecule has 0 saturated heterocycles. The van der Waals surface area contributed by atoms with E-state index < -0.39 is 0 Å². The van der Waals surface area contributed by atoms with Crippen LogP contribution in [0.15, 0.2) is 0 Å². The van der Waals surface area contributed by atoms with Gasteiger partial charge in [0, 0.05) is 12.8 Å². The van der Waals surface area contributed by atoms with Crippen LogP contribution in [0.1, 0.15) is 25.7 Å². The van der Waals surface area contributed by atoms with Gasteiger partial charge in [0.05, 0.1) is 6.10 Å². The SMILES string of the molecule is O=C1C[C@@H]2C[C@H](O)C[C@@H]2C1. The summed E-state index contributed by atoms with van der Waals surface area (Å²) in [5.41, 5.74) is 0. The lowest BCUT2D eigenvalue weighted by molar-refractivity contribution is -0.118. The molecule has 0 bridgehead atoms. The zero-order chi connectivity index (χ0) is 7.14. The maximum atomic E-state index is 10.9. The topological polar surface area (TPSA) is 37.3 Å². The van der Waals surface area contributed by atoms with E-state index in [4.69, 9.17) is 0 Å². The molecule has 0 amide bonds. The van der Waals surface area contributed by atoms with Crippen LogP contribution >= 0.6 is 0 Å². The monoisotopic (exact) mass is 140 g/mol. The number of aliphatic hydroxyl groups excluding tert-OH is 1. The van der Waals surface area contributed by atoms with Crippen LogP contribution < -0.4 is 0 Å². The molecule has 56 valence electrons. The largest absolute Gasteiger partial charge is 0.393 e. The van der Waals surface area contributed by atoms with Gasteiger partial charge in [-0.2, -0.15) is 0 Å². The number of hydrogen-bond donors (Lipinski definition) is 1. The van der Waals surface area contributed by atoms with Gasteiger partial charge in [0.25, 0.3) is 0 Å². The van der Waals surface area contributed by atoms with Crippen molar-refractivity contribution < 1.29 is 9.90 Å². The first-order valence-corrected chi connectivity index (χ1v) is 3.95. The van der Waals surface area contributed by atoms with Gasteiger partial charge in [0.2, 0.25) is 0 Å². The first kappa shape index (κ1) is 6.35. The minimum atomic E-state index is -0.108. The summed E-state index contributed by atoms with van der Waals surface area (Å²) < 4.78 is 0. The molecule has 0 aromatic carbocycles. The zero-order valence-corrected chi connectivity index (χ0v) is 5.92. The highest BCUT2D eigenvalue weighted by atomic mass is 16.3. The minimum Gasteiger partial charge on any atom is -0.393 e. The van der Waals surface area contributed by atoms with Gasteiger partial charge in [-0.1, -0.05) is 0 Å². The zero-order valence-electron chi connectivity index (χ0n) is 5.92. The van der Waals surface area contributed by atoms with Crippen molar-refractivity contribution in [3.8, 4) is 0 Å². The van der Waals surface area contributed by atoms with E-state index in [1.165, 1.54) is 0 Å². The number of carbonyl (C=O) groups is 1. The Bertz CT molecular complexity index is 149. The van der Waals surface area contributed by atoms with Crippen molar-refractivity contribution in [2.75, 3.05) is 0 Å². The van der Waals surface area contributed by atoms with Crippen LogP contribution in [0.3, 0.4) is 0 Å². The summed E-state index contributed by atoms with van der Waals surface area (Å²) in [7, 11) is 0. The number of fused-ring (bicyclic) bond motifs is 1. The maximum Gasteiger partial charge on any atom is 0.133 e. The molecule has 10 heavy (non-hydrogen) atoms. The lowest BCUT2D eigenvalue weighted by atomic mass is 10.0. The summed E-state index contributed by atoms with van der Waals surface area (Å²) in [5.74, 6) is 1.46. The van der Waals surface area contributed by atoms with E-state index in [2.05, 4.69) is 0 Å². The highest BCUT2D eigenvalue weighted by Gasteiger charge is 2.40. The summed E-state index contributed by atoms with van der Waals surface area (Å²) in [6.07, 6.45) is 3.11. The number of carbonyl (C=O) groups excluding carboxylic acids is 1. The van der Waals surface area contributed by atoms with Gasteiger partial charge in [-0.3, -0.25) is 4.79 Å². The normalized spacial score (nSPS) is 46.1. The molecule has 2 nitrogen and oxygen atoms in total.